The molecule has 0 spiro atoms. The van der Waals surface area contributed by atoms with Crippen LogP contribution in [-0.4, -0.2) is 24.3 Å². The van der Waals surface area contributed by atoms with Crippen LogP contribution in [-0.2, 0) is 6.61 Å². The Labute approximate surface area is 119 Å². The van der Waals surface area contributed by atoms with Gasteiger partial charge in [-0.05, 0) is 36.2 Å². The largest absolute Gasteiger partial charge is 0.489 e. The first-order valence-corrected chi connectivity index (χ1v) is 7.01. The van der Waals surface area contributed by atoms with Crippen molar-refractivity contribution in [1.82, 2.24) is 0 Å². The molecule has 0 bridgehead atoms. The summed E-state index contributed by atoms with van der Waals surface area (Å²) in [5, 5.41) is 9.56. The van der Waals surface area contributed by atoms with E-state index in [2.05, 4.69) is 29.2 Å². The van der Waals surface area contributed by atoms with E-state index >= 15 is 0 Å². The Morgan fingerprint density at radius 2 is 1.80 bits per heavy atom. The fourth-order valence-corrected chi connectivity index (χ4v) is 2.47. The van der Waals surface area contributed by atoms with E-state index in [1.807, 2.05) is 30.3 Å². The molecule has 0 radical (unpaired) electrons. The molecule has 0 amide bonds. The van der Waals surface area contributed by atoms with E-state index in [4.69, 9.17) is 4.74 Å². The van der Waals surface area contributed by atoms with Crippen LogP contribution in [0.15, 0.2) is 54.6 Å². The highest BCUT2D eigenvalue weighted by atomic mass is 16.5. The maximum absolute atomic E-state index is 9.56. The minimum Gasteiger partial charge on any atom is -0.489 e. The third-order valence-electron chi connectivity index (χ3n) is 3.61. The molecule has 20 heavy (non-hydrogen) atoms. The van der Waals surface area contributed by atoms with E-state index in [0.29, 0.717) is 6.61 Å². The summed E-state index contributed by atoms with van der Waals surface area (Å²) in [6, 6.07) is 18.2. The molecule has 1 heterocycles. The molecule has 3 heteroatoms. The van der Waals surface area contributed by atoms with Gasteiger partial charge < -0.3 is 14.7 Å². The number of rotatable bonds is 4. The van der Waals surface area contributed by atoms with Crippen LogP contribution in [0.3, 0.4) is 0 Å². The summed E-state index contributed by atoms with van der Waals surface area (Å²) in [6.07, 6.45) is 0.663. The molecule has 0 aromatic heterocycles. The van der Waals surface area contributed by atoms with Gasteiger partial charge in [0.05, 0.1) is 6.10 Å². The Morgan fingerprint density at radius 3 is 2.45 bits per heavy atom. The Bertz CT molecular complexity index is 539. The van der Waals surface area contributed by atoms with Gasteiger partial charge in [0.15, 0.2) is 0 Å². The van der Waals surface area contributed by atoms with Gasteiger partial charge in [-0.15, -0.1) is 0 Å². The summed E-state index contributed by atoms with van der Waals surface area (Å²) in [5.74, 6) is 0.873. The number of β-amino-alcohol motifs (C(OH)–C–C–N with tert-alkyl or cyclic N) is 1. The standard InChI is InChI=1S/C17H19NO2/c19-16-10-11-18(12-16)15-6-8-17(9-7-15)20-13-14-4-2-1-3-5-14/h1-9,16,19H,10-13H2/t16-/m1/s1. The molecule has 1 atom stereocenters. The molecule has 1 aliphatic rings. The number of hydrogen-bond donors (Lipinski definition) is 1. The van der Waals surface area contributed by atoms with E-state index in [-0.39, 0.29) is 6.10 Å². The molecule has 0 unspecified atom stereocenters. The highest BCUT2D eigenvalue weighted by Gasteiger charge is 2.20. The van der Waals surface area contributed by atoms with Gasteiger partial charge in [-0.2, -0.15) is 0 Å². The summed E-state index contributed by atoms with van der Waals surface area (Å²) in [5.41, 5.74) is 2.31. The highest BCUT2D eigenvalue weighted by Crippen LogP contribution is 2.23. The smallest absolute Gasteiger partial charge is 0.119 e. The number of aliphatic hydroxyl groups is 1. The van der Waals surface area contributed by atoms with Gasteiger partial charge in [0.1, 0.15) is 12.4 Å². The molecule has 0 saturated carbocycles. The average molecular weight is 269 g/mol. The van der Waals surface area contributed by atoms with E-state index < -0.39 is 0 Å². The summed E-state index contributed by atoms with van der Waals surface area (Å²) in [6.45, 7) is 2.23. The van der Waals surface area contributed by atoms with Crippen LogP contribution >= 0.6 is 0 Å². The zero-order chi connectivity index (χ0) is 13.8. The van der Waals surface area contributed by atoms with E-state index in [0.717, 1.165) is 30.9 Å². The molecule has 3 nitrogen and oxygen atoms in total. The Balaban J connectivity index is 1.59. The lowest BCUT2D eigenvalue weighted by Crippen LogP contribution is -2.20. The van der Waals surface area contributed by atoms with E-state index in [1.165, 1.54) is 5.56 Å². The van der Waals surface area contributed by atoms with E-state index in [1.54, 1.807) is 0 Å². The average Bonchev–Trinajstić information content (AvgIpc) is 2.93. The third kappa shape index (κ3) is 3.11. The first-order valence-electron chi connectivity index (χ1n) is 7.01. The topological polar surface area (TPSA) is 32.7 Å². The van der Waals surface area contributed by atoms with Crippen molar-refractivity contribution < 1.29 is 9.84 Å². The van der Waals surface area contributed by atoms with Crippen molar-refractivity contribution in [3.05, 3.63) is 60.2 Å². The molecule has 1 N–H and O–H groups in total. The van der Waals surface area contributed by atoms with Crippen molar-refractivity contribution in [2.24, 2.45) is 0 Å². The van der Waals surface area contributed by atoms with Gasteiger partial charge in [-0.3, -0.25) is 0 Å². The van der Waals surface area contributed by atoms with Crippen molar-refractivity contribution in [1.29, 1.82) is 0 Å². The summed E-state index contributed by atoms with van der Waals surface area (Å²) in [7, 11) is 0. The highest BCUT2D eigenvalue weighted by molar-refractivity contribution is 5.50. The van der Waals surface area contributed by atoms with Gasteiger partial charge in [0.2, 0.25) is 0 Å². The second kappa shape index (κ2) is 5.97. The lowest BCUT2D eigenvalue weighted by molar-refractivity contribution is 0.198. The Hall–Kier alpha value is -2.00. The maximum Gasteiger partial charge on any atom is 0.119 e. The quantitative estimate of drug-likeness (QED) is 0.926. The second-order valence-electron chi connectivity index (χ2n) is 5.16. The van der Waals surface area contributed by atoms with Gasteiger partial charge in [0, 0.05) is 18.8 Å². The predicted octanol–water partition coefficient (Wildman–Crippen LogP) is 2.84. The maximum atomic E-state index is 9.56. The van der Waals surface area contributed by atoms with Crippen LogP contribution in [0.4, 0.5) is 5.69 Å². The van der Waals surface area contributed by atoms with Gasteiger partial charge >= 0.3 is 0 Å². The van der Waals surface area contributed by atoms with Crippen molar-refractivity contribution in [3.63, 3.8) is 0 Å². The molecule has 104 valence electrons. The molecule has 1 aliphatic heterocycles. The van der Waals surface area contributed by atoms with Crippen LogP contribution in [0.2, 0.25) is 0 Å². The minimum absolute atomic E-state index is 0.191. The number of ether oxygens (including phenoxy) is 1. The SMILES string of the molecule is O[C@@H]1CCN(c2ccc(OCc3ccccc3)cc2)C1. The molecule has 2 aromatic carbocycles. The molecular formula is C17H19NO2. The zero-order valence-electron chi connectivity index (χ0n) is 11.4. The van der Waals surface area contributed by atoms with E-state index in [9.17, 15) is 5.11 Å². The molecule has 3 rings (SSSR count). The Morgan fingerprint density at radius 1 is 1.05 bits per heavy atom. The number of hydrogen-bond acceptors (Lipinski definition) is 3. The molecule has 1 fully saturated rings. The number of benzene rings is 2. The van der Waals surface area contributed by atoms with Crippen LogP contribution in [0.5, 0.6) is 5.75 Å². The molecular weight excluding hydrogens is 250 g/mol. The fraction of sp³-hybridized carbons (Fsp3) is 0.294. The third-order valence-corrected chi connectivity index (χ3v) is 3.61. The van der Waals surface area contributed by atoms with Gasteiger partial charge in [-0.25, -0.2) is 0 Å². The lowest BCUT2D eigenvalue weighted by atomic mass is 10.2. The van der Waals surface area contributed by atoms with Crippen LogP contribution in [0.25, 0.3) is 0 Å². The van der Waals surface area contributed by atoms with Crippen molar-refractivity contribution in [2.45, 2.75) is 19.1 Å². The van der Waals surface area contributed by atoms with Crippen LogP contribution in [0, 0.1) is 0 Å². The van der Waals surface area contributed by atoms with Gasteiger partial charge in [-0.1, -0.05) is 30.3 Å². The number of aliphatic hydroxyl groups excluding tert-OH is 1. The zero-order valence-corrected chi connectivity index (χ0v) is 11.4. The van der Waals surface area contributed by atoms with Crippen molar-refractivity contribution in [2.75, 3.05) is 18.0 Å². The molecule has 1 saturated heterocycles. The first-order chi connectivity index (χ1) is 9.81. The van der Waals surface area contributed by atoms with Gasteiger partial charge in [0.25, 0.3) is 0 Å². The fourth-order valence-electron chi connectivity index (χ4n) is 2.47. The summed E-state index contributed by atoms with van der Waals surface area (Å²) >= 11 is 0. The minimum atomic E-state index is -0.191. The molecule has 2 aromatic rings. The predicted molar refractivity (Wildman–Crippen MR) is 80.1 cm³/mol. The normalized spacial score (nSPS) is 18.2. The summed E-state index contributed by atoms with van der Waals surface area (Å²) < 4.78 is 5.76. The van der Waals surface area contributed by atoms with Crippen molar-refractivity contribution >= 4 is 5.69 Å². The number of anilines is 1. The van der Waals surface area contributed by atoms with Crippen LogP contribution in [0.1, 0.15) is 12.0 Å². The number of nitrogens with zero attached hydrogens (tertiary/aromatic N) is 1. The Kier molecular flexibility index (Phi) is 3.88. The van der Waals surface area contributed by atoms with Crippen LogP contribution < -0.4 is 9.64 Å². The lowest BCUT2D eigenvalue weighted by Gasteiger charge is -2.18. The second-order valence-corrected chi connectivity index (χ2v) is 5.16. The van der Waals surface area contributed by atoms with Crippen molar-refractivity contribution in [3.8, 4) is 5.75 Å². The first kappa shape index (κ1) is 13.0. The molecule has 0 aliphatic carbocycles. The monoisotopic (exact) mass is 269 g/mol. The summed E-state index contributed by atoms with van der Waals surface area (Å²) in [4.78, 5) is 2.20.